The first-order valence-electron chi connectivity index (χ1n) is 7.01. The largest absolute Gasteiger partial charge is 0.438 e. The van der Waals surface area contributed by atoms with Gasteiger partial charge in [-0.2, -0.15) is 0 Å². The van der Waals surface area contributed by atoms with Crippen LogP contribution in [0.4, 0.5) is 0 Å². The van der Waals surface area contributed by atoms with Gasteiger partial charge in [-0.25, -0.2) is 4.98 Å². The topological polar surface area (TPSA) is 72.4 Å². The number of amides is 1. The maximum atomic E-state index is 11.5. The van der Waals surface area contributed by atoms with Gasteiger partial charge < -0.3 is 10.2 Å². The predicted molar refractivity (Wildman–Crippen MR) is 74.2 cm³/mol. The lowest BCUT2D eigenvalue weighted by Gasteiger charge is -2.32. The number of rotatable bonds is 2. The van der Waals surface area contributed by atoms with E-state index in [0.717, 1.165) is 36.7 Å². The van der Waals surface area contributed by atoms with E-state index < -0.39 is 5.91 Å². The first kappa shape index (κ1) is 11.9. The van der Waals surface area contributed by atoms with Gasteiger partial charge in [0.05, 0.1) is 11.1 Å². The van der Waals surface area contributed by atoms with Crippen molar-refractivity contribution in [3.63, 3.8) is 0 Å². The van der Waals surface area contributed by atoms with Crippen molar-refractivity contribution in [2.45, 2.75) is 24.8 Å². The fourth-order valence-corrected chi connectivity index (χ4v) is 3.89. The van der Waals surface area contributed by atoms with Crippen LogP contribution in [0.25, 0.3) is 11.1 Å². The van der Waals surface area contributed by atoms with Crippen molar-refractivity contribution in [1.82, 2.24) is 9.88 Å². The molecule has 1 aliphatic heterocycles. The van der Waals surface area contributed by atoms with E-state index in [9.17, 15) is 4.79 Å². The van der Waals surface area contributed by atoms with Gasteiger partial charge in [-0.1, -0.05) is 6.07 Å². The maximum Gasteiger partial charge on any atom is 0.252 e. The molecule has 2 fully saturated rings. The van der Waals surface area contributed by atoms with E-state index in [1.807, 2.05) is 6.07 Å². The molecule has 0 radical (unpaired) electrons. The number of hydrogen-bond acceptors (Lipinski definition) is 4. The van der Waals surface area contributed by atoms with Crippen LogP contribution in [0.15, 0.2) is 22.6 Å². The van der Waals surface area contributed by atoms with Crippen LogP contribution in [0.5, 0.6) is 0 Å². The molecule has 1 saturated carbocycles. The minimum atomic E-state index is -0.472. The Morgan fingerprint density at radius 3 is 3.05 bits per heavy atom. The summed E-state index contributed by atoms with van der Waals surface area (Å²) in [6.07, 6.45) is 3.40. The van der Waals surface area contributed by atoms with Crippen LogP contribution in [0.2, 0.25) is 0 Å². The number of benzene rings is 1. The van der Waals surface area contributed by atoms with Crippen molar-refractivity contribution in [3.8, 4) is 0 Å². The number of primary amides is 1. The van der Waals surface area contributed by atoms with Crippen LogP contribution in [0.1, 0.15) is 35.5 Å². The molecule has 0 spiro atoms. The molecule has 5 nitrogen and oxygen atoms in total. The second kappa shape index (κ2) is 3.82. The molecular weight excluding hydrogens is 254 g/mol. The summed E-state index contributed by atoms with van der Waals surface area (Å²) in [5.74, 6) is 1.01. The summed E-state index contributed by atoms with van der Waals surface area (Å²) >= 11 is 0. The van der Waals surface area contributed by atoms with Crippen LogP contribution in [0.3, 0.4) is 0 Å². The molecular formula is C15H17N3O2. The van der Waals surface area contributed by atoms with E-state index in [2.05, 4.69) is 16.9 Å². The Kier molecular flexibility index (Phi) is 2.27. The summed E-state index contributed by atoms with van der Waals surface area (Å²) in [5, 5.41) is 0. The molecule has 1 aliphatic carbocycles. The molecule has 1 amide bonds. The van der Waals surface area contributed by atoms with Gasteiger partial charge in [0.2, 0.25) is 5.89 Å². The van der Waals surface area contributed by atoms with E-state index in [4.69, 9.17) is 10.2 Å². The molecule has 2 N–H and O–H groups in total. The molecule has 5 heteroatoms. The van der Waals surface area contributed by atoms with Crippen molar-refractivity contribution in [3.05, 3.63) is 29.7 Å². The number of nitrogens with two attached hydrogens (primary N) is 1. The molecule has 2 unspecified atom stereocenters. The first-order valence-corrected chi connectivity index (χ1v) is 7.01. The third-order valence-corrected chi connectivity index (χ3v) is 4.93. The molecule has 2 aliphatic rings. The first-order chi connectivity index (χ1) is 9.60. The lowest BCUT2D eigenvalue weighted by molar-refractivity contribution is 0.0999. The van der Waals surface area contributed by atoms with Gasteiger partial charge in [-0.15, -0.1) is 0 Å². The quantitative estimate of drug-likeness (QED) is 0.905. The van der Waals surface area contributed by atoms with Crippen molar-refractivity contribution < 1.29 is 9.21 Å². The number of likely N-dealkylation sites (tertiary alicyclic amines) is 1. The Balaban J connectivity index is 1.90. The number of carbonyl (C=O) groups excluding carboxylic acids is 1. The number of oxazole rings is 1. The summed E-state index contributed by atoms with van der Waals surface area (Å²) in [5.41, 5.74) is 6.97. The summed E-state index contributed by atoms with van der Waals surface area (Å²) < 4.78 is 5.98. The minimum absolute atomic E-state index is 0.0847. The normalized spacial score (nSPS) is 29.4. The molecule has 2 atom stereocenters. The monoisotopic (exact) mass is 271 g/mol. The molecule has 4 rings (SSSR count). The Morgan fingerprint density at radius 2 is 2.40 bits per heavy atom. The van der Waals surface area contributed by atoms with Gasteiger partial charge in [-0.3, -0.25) is 9.69 Å². The van der Waals surface area contributed by atoms with E-state index in [1.165, 1.54) is 6.42 Å². The number of nitrogens with zero attached hydrogens (tertiary/aromatic N) is 2. The van der Waals surface area contributed by atoms with Gasteiger partial charge in [0.15, 0.2) is 5.58 Å². The number of piperidine rings is 1. The van der Waals surface area contributed by atoms with E-state index in [1.54, 1.807) is 12.1 Å². The second-order valence-electron chi connectivity index (χ2n) is 6.06. The predicted octanol–water partition coefficient (Wildman–Crippen LogP) is 1.87. The fraction of sp³-hybridized carbons (Fsp3) is 0.467. The standard InChI is InChI=1S/C15H17N3O2/c1-18-8-9-5-6-15(18,7-9)14-17-11-4-2-3-10(13(16)19)12(11)20-14/h2-4,9H,5-8H2,1H3,(H2,16,19). The number of hydrogen-bond donors (Lipinski definition) is 1. The highest BCUT2D eigenvalue weighted by atomic mass is 16.4. The van der Waals surface area contributed by atoms with Crippen LogP contribution < -0.4 is 5.73 Å². The summed E-state index contributed by atoms with van der Waals surface area (Å²) in [7, 11) is 2.13. The molecule has 20 heavy (non-hydrogen) atoms. The molecule has 104 valence electrons. The van der Waals surface area contributed by atoms with Gasteiger partial charge in [-0.05, 0) is 44.4 Å². The maximum absolute atomic E-state index is 11.5. The Hall–Kier alpha value is -1.88. The van der Waals surface area contributed by atoms with Crippen LogP contribution in [-0.2, 0) is 5.54 Å². The zero-order valence-corrected chi connectivity index (χ0v) is 11.4. The third-order valence-electron chi connectivity index (χ3n) is 4.93. The highest BCUT2D eigenvalue weighted by Crippen LogP contribution is 2.52. The smallest absolute Gasteiger partial charge is 0.252 e. The molecule has 2 aromatic rings. The van der Waals surface area contributed by atoms with Crippen LogP contribution in [-0.4, -0.2) is 29.4 Å². The van der Waals surface area contributed by atoms with E-state index in [0.29, 0.717) is 11.1 Å². The lowest BCUT2D eigenvalue weighted by Crippen LogP contribution is -2.39. The lowest BCUT2D eigenvalue weighted by atomic mass is 9.97. The number of carbonyl (C=O) groups is 1. The minimum Gasteiger partial charge on any atom is -0.438 e. The van der Waals surface area contributed by atoms with Crippen molar-refractivity contribution >= 4 is 17.0 Å². The summed E-state index contributed by atoms with van der Waals surface area (Å²) in [6.45, 7) is 1.10. The molecule has 1 saturated heterocycles. The second-order valence-corrected chi connectivity index (χ2v) is 6.06. The van der Waals surface area contributed by atoms with Crippen molar-refractivity contribution in [2.75, 3.05) is 13.6 Å². The van der Waals surface area contributed by atoms with Gasteiger partial charge in [0.1, 0.15) is 5.52 Å². The van der Waals surface area contributed by atoms with Gasteiger partial charge >= 0.3 is 0 Å². The summed E-state index contributed by atoms with van der Waals surface area (Å²) in [4.78, 5) is 18.5. The average molecular weight is 271 g/mol. The van der Waals surface area contributed by atoms with Gasteiger partial charge in [0.25, 0.3) is 5.91 Å². The van der Waals surface area contributed by atoms with E-state index >= 15 is 0 Å². The number of para-hydroxylation sites is 1. The third kappa shape index (κ3) is 1.41. The number of aromatic nitrogens is 1. The van der Waals surface area contributed by atoms with Crippen molar-refractivity contribution in [1.29, 1.82) is 0 Å². The zero-order valence-electron chi connectivity index (χ0n) is 11.4. The molecule has 1 aromatic carbocycles. The average Bonchev–Trinajstić information content (AvgIpc) is 3.08. The van der Waals surface area contributed by atoms with Crippen LogP contribution >= 0.6 is 0 Å². The zero-order chi connectivity index (χ0) is 13.9. The highest BCUT2D eigenvalue weighted by Gasteiger charge is 2.53. The van der Waals surface area contributed by atoms with Gasteiger partial charge in [0, 0.05) is 6.54 Å². The highest BCUT2D eigenvalue weighted by molar-refractivity contribution is 6.03. The molecule has 2 heterocycles. The molecule has 2 bridgehead atoms. The molecule has 1 aromatic heterocycles. The Morgan fingerprint density at radius 1 is 1.55 bits per heavy atom. The van der Waals surface area contributed by atoms with E-state index in [-0.39, 0.29) is 5.54 Å². The summed E-state index contributed by atoms with van der Waals surface area (Å²) in [6, 6.07) is 5.35. The fourth-order valence-electron chi connectivity index (χ4n) is 3.89. The number of fused-ring (bicyclic) bond motifs is 3. The Labute approximate surface area is 116 Å². The van der Waals surface area contributed by atoms with Crippen LogP contribution in [0, 0.1) is 5.92 Å². The van der Waals surface area contributed by atoms with Crippen molar-refractivity contribution in [2.24, 2.45) is 11.7 Å². The Bertz CT molecular complexity index is 708. The SMILES string of the molecule is CN1CC2CCC1(c1nc3cccc(C(N)=O)c3o1)C2.